The minimum absolute atomic E-state index is 0.120. The number of anilines is 1. The molecule has 2 aromatic rings. The summed E-state index contributed by atoms with van der Waals surface area (Å²) < 4.78 is 1.88. The molecule has 5 nitrogen and oxygen atoms in total. The largest absolute Gasteiger partial charge is 0.373 e. The molecule has 2 aromatic heterocycles. The molecule has 2 heterocycles. The summed E-state index contributed by atoms with van der Waals surface area (Å²) in [7, 11) is 1.95. The number of aromatic nitrogens is 3. The third-order valence-corrected chi connectivity index (χ3v) is 3.79. The monoisotopic (exact) mass is 298 g/mol. The van der Waals surface area contributed by atoms with Crippen molar-refractivity contribution < 1.29 is 0 Å². The summed E-state index contributed by atoms with van der Waals surface area (Å²) in [5.41, 5.74) is 0.718. The second kappa shape index (κ2) is 6.16. The van der Waals surface area contributed by atoms with E-state index in [1.807, 2.05) is 11.9 Å². The van der Waals surface area contributed by atoms with Crippen molar-refractivity contribution in [1.29, 1.82) is 0 Å². The second-order valence-electron chi connectivity index (χ2n) is 4.21. The fourth-order valence-electron chi connectivity index (χ4n) is 1.72. The van der Waals surface area contributed by atoms with Crippen LogP contribution in [0.5, 0.6) is 0 Å². The quantitative estimate of drug-likeness (QED) is 0.849. The maximum absolute atomic E-state index is 12.0. The summed E-state index contributed by atoms with van der Waals surface area (Å²) in [4.78, 5) is 18.9. The fourth-order valence-corrected chi connectivity index (χ4v) is 2.68. The van der Waals surface area contributed by atoms with Crippen molar-refractivity contribution in [2.75, 3.05) is 18.5 Å². The Hall–Kier alpha value is -1.40. The average molecular weight is 299 g/mol. The molecule has 0 aromatic carbocycles. The standard InChI is InChI=1S/C12H15ClN4OS/c1-3-4-16(2)9-5-11(18)17(15-6-9)8-10-7-14-12(13)19-10/h5-7H,3-4,8H2,1-2H3. The maximum atomic E-state index is 12.0. The Morgan fingerprint density at radius 1 is 1.47 bits per heavy atom. The highest BCUT2D eigenvalue weighted by Crippen LogP contribution is 2.18. The Balaban J connectivity index is 2.17. The van der Waals surface area contributed by atoms with Gasteiger partial charge in [-0.3, -0.25) is 4.79 Å². The molecule has 0 atom stereocenters. The summed E-state index contributed by atoms with van der Waals surface area (Å²) in [6.45, 7) is 3.40. The van der Waals surface area contributed by atoms with Crippen LogP contribution in [-0.4, -0.2) is 28.4 Å². The van der Waals surface area contributed by atoms with Gasteiger partial charge in [0, 0.05) is 30.7 Å². The first-order chi connectivity index (χ1) is 9.10. The SMILES string of the molecule is CCCN(C)c1cnn(Cc2cnc(Cl)s2)c(=O)c1. The van der Waals surface area contributed by atoms with Crippen molar-refractivity contribution in [2.45, 2.75) is 19.9 Å². The van der Waals surface area contributed by atoms with E-state index < -0.39 is 0 Å². The molecule has 0 spiro atoms. The molecule has 0 radical (unpaired) electrons. The molecular formula is C12H15ClN4OS. The van der Waals surface area contributed by atoms with Gasteiger partial charge in [0.1, 0.15) is 0 Å². The zero-order valence-electron chi connectivity index (χ0n) is 10.8. The van der Waals surface area contributed by atoms with E-state index in [1.54, 1.807) is 18.5 Å². The summed E-state index contributed by atoms with van der Waals surface area (Å²) >= 11 is 7.11. The number of thiazole rings is 1. The molecule has 19 heavy (non-hydrogen) atoms. The highest BCUT2D eigenvalue weighted by Gasteiger charge is 2.06. The topological polar surface area (TPSA) is 51.0 Å². The summed E-state index contributed by atoms with van der Waals surface area (Å²) in [5.74, 6) is 0. The Labute approximate surface area is 120 Å². The van der Waals surface area contributed by atoms with Gasteiger partial charge < -0.3 is 4.90 Å². The lowest BCUT2D eigenvalue weighted by atomic mass is 10.3. The van der Waals surface area contributed by atoms with Crippen molar-refractivity contribution >= 4 is 28.6 Å². The Bertz CT molecular complexity index is 610. The van der Waals surface area contributed by atoms with Crippen LogP contribution in [0.3, 0.4) is 0 Å². The molecule has 0 aliphatic rings. The van der Waals surface area contributed by atoms with Gasteiger partial charge in [-0.25, -0.2) is 9.67 Å². The first kappa shape index (κ1) is 14.0. The van der Waals surface area contributed by atoms with Crippen LogP contribution in [0.4, 0.5) is 5.69 Å². The Morgan fingerprint density at radius 2 is 2.26 bits per heavy atom. The van der Waals surface area contributed by atoms with Crippen LogP contribution in [0.1, 0.15) is 18.2 Å². The third kappa shape index (κ3) is 3.54. The number of hydrogen-bond donors (Lipinski definition) is 0. The van der Waals surface area contributed by atoms with Crippen LogP contribution in [0.2, 0.25) is 4.47 Å². The van der Waals surface area contributed by atoms with Crippen molar-refractivity contribution in [2.24, 2.45) is 0 Å². The molecule has 0 fully saturated rings. The van der Waals surface area contributed by atoms with Crippen molar-refractivity contribution in [1.82, 2.24) is 14.8 Å². The zero-order valence-corrected chi connectivity index (χ0v) is 12.4. The predicted molar refractivity (Wildman–Crippen MR) is 78.3 cm³/mol. The molecular weight excluding hydrogens is 284 g/mol. The average Bonchev–Trinajstić information content (AvgIpc) is 2.78. The van der Waals surface area contributed by atoms with Gasteiger partial charge in [-0.1, -0.05) is 18.5 Å². The first-order valence-electron chi connectivity index (χ1n) is 5.98. The lowest BCUT2D eigenvalue weighted by molar-refractivity contribution is 0.642. The van der Waals surface area contributed by atoms with Gasteiger partial charge in [-0.15, -0.1) is 11.3 Å². The fraction of sp³-hybridized carbons (Fsp3) is 0.417. The van der Waals surface area contributed by atoms with Crippen LogP contribution < -0.4 is 10.5 Å². The molecule has 0 aliphatic heterocycles. The normalized spacial score (nSPS) is 10.7. The minimum atomic E-state index is -0.120. The van der Waals surface area contributed by atoms with E-state index >= 15 is 0 Å². The summed E-state index contributed by atoms with van der Waals surface area (Å²) in [5, 5.41) is 4.18. The van der Waals surface area contributed by atoms with Crippen LogP contribution in [0.15, 0.2) is 23.3 Å². The van der Waals surface area contributed by atoms with Gasteiger partial charge in [0.05, 0.1) is 18.4 Å². The molecule has 0 amide bonds. The first-order valence-corrected chi connectivity index (χ1v) is 7.18. The molecule has 0 N–H and O–H groups in total. The second-order valence-corrected chi connectivity index (χ2v) is 5.91. The molecule has 102 valence electrons. The van der Waals surface area contributed by atoms with E-state index in [0.717, 1.165) is 23.5 Å². The van der Waals surface area contributed by atoms with Crippen LogP contribution in [0, 0.1) is 0 Å². The maximum Gasteiger partial charge on any atom is 0.269 e. The Morgan fingerprint density at radius 3 is 2.84 bits per heavy atom. The third-order valence-electron chi connectivity index (χ3n) is 2.69. The van der Waals surface area contributed by atoms with E-state index in [1.165, 1.54) is 16.0 Å². The van der Waals surface area contributed by atoms with E-state index in [0.29, 0.717) is 11.0 Å². The number of hydrogen-bond acceptors (Lipinski definition) is 5. The smallest absolute Gasteiger partial charge is 0.269 e. The van der Waals surface area contributed by atoms with Crippen LogP contribution in [0.25, 0.3) is 0 Å². The van der Waals surface area contributed by atoms with E-state index in [2.05, 4.69) is 17.0 Å². The van der Waals surface area contributed by atoms with Gasteiger partial charge in [0.25, 0.3) is 5.56 Å². The minimum Gasteiger partial charge on any atom is -0.373 e. The highest BCUT2D eigenvalue weighted by atomic mass is 35.5. The van der Waals surface area contributed by atoms with Gasteiger partial charge in [0.2, 0.25) is 0 Å². The molecule has 0 saturated carbocycles. The molecule has 0 aliphatic carbocycles. The molecule has 7 heteroatoms. The van der Waals surface area contributed by atoms with Gasteiger partial charge in [-0.05, 0) is 6.42 Å². The summed E-state index contributed by atoms with van der Waals surface area (Å²) in [6.07, 6.45) is 4.40. The lowest BCUT2D eigenvalue weighted by Crippen LogP contribution is -2.26. The van der Waals surface area contributed by atoms with Gasteiger partial charge in [-0.2, -0.15) is 5.10 Å². The van der Waals surface area contributed by atoms with E-state index in [9.17, 15) is 4.79 Å². The predicted octanol–water partition coefficient (Wildman–Crippen LogP) is 2.25. The molecule has 2 rings (SSSR count). The molecule has 0 saturated heterocycles. The van der Waals surface area contributed by atoms with Crippen molar-refractivity contribution in [3.8, 4) is 0 Å². The number of rotatable bonds is 5. The molecule has 0 unspecified atom stereocenters. The van der Waals surface area contributed by atoms with Gasteiger partial charge in [0.15, 0.2) is 4.47 Å². The van der Waals surface area contributed by atoms with Crippen molar-refractivity contribution in [3.63, 3.8) is 0 Å². The summed E-state index contributed by atoms with van der Waals surface area (Å²) in [6, 6.07) is 1.60. The van der Waals surface area contributed by atoms with Crippen LogP contribution >= 0.6 is 22.9 Å². The van der Waals surface area contributed by atoms with Crippen molar-refractivity contribution in [3.05, 3.63) is 38.2 Å². The Kier molecular flexibility index (Phi) is 4.55. The van der Waals surface area contributed by atoms with Crippen LogP contribution in [-0.2, 0) is 6.54 Å². The van der Waals surface area contributed by atoms with E-state index in [4.69, 9.17) is 11.6 Å². The zero-order chi connectivity index (χ0) is 13.8. The highest BCUT2D eigenvalue weighted by molar-refractivity contribution is 7.15. The van der Waals surface area contributed by atoms with Gasteiger partial charge >= 0.3 is 0 Å². The number of halogens is 1. The molecule has 0 bridgehead atoms. The van der Waals surface area contributed by atoms with E-state index in [-0.39, 0.29) is 5.56 Å². The number of nitrogens with zero attached hydrogens (tertiary/aromatic N) is 4. The lowest BCUT2D eigenvalue weighted by Gasteiger charge is -2.17.